The second-order valence-electron chi connectivity index (χ2n) is 6.43. The zero-order valence-electron chi connectivity index (χ0n) is 14.8. The Hall–Kier alpha value is -2.32. The van der Waals surface area contributed by atoms with Gasteiger partial charge < -0.3 is 14.8 Å². The van der Waals surface area contributed by atoms with E-state index in [9.17, 15) is 27.2 Å². The summed E-state index contributed by atoms with van der Waals surface area (Å²) in [6.07, 6.45) is 5.23. The lowest BCUT2D eigenvalue weighted by molar-refractivity contribution is -0.143. The molecule has 1 saturated carbocycles. The summed E-state index contributed by atoms with van der Waals surface area (Å²) in [4.78, 5) is 24.3. The average molecular weight is 391 g/mol. The van der Waals surface area contributed by atoms with E-state index in [0.717, 1.165) is 39.2 Å². The van der Waals surface area contributed by atoms with Crippen LogP contribution in [0.2, 0.25) is 0 Å². The minimum absolute atomic E-state index is 0.194. The minimum Gasteiger partial charge on any atom is -0.467 e. The Kier molecular flexibility index (Phi) is 7.44. The number of hydrogen-bond donors (Lipinski definition) is 1. The largest absolute Gasteiger partial charge is 0.467 e. The Morgan fingerprint density at radius 3 is 2.26 bits per heavy atom. The first kappa shape index (κ1) is 21.0. The first-order valence-corrected chi connectivity index (χ1v) is 8.64. The molecule has 0 aliphatic heterocycles. The van der Waals surface area contributed by atoms with Gasteiger partial charge in [0.1, 0.15) is 29.0 Å². The second-order valence-corrected chi connectivity index (χ2v) is 6.43. The molecular weight excluding hydrogens is 370 g/mol. The molecule has 1 fully saturated rings. The molecule has 1 unspecified atom stereocenters. The van der Waals surface area contributed by atoms with Crippen LogP contribution in [0.25, 0.3) is 0 Å². The lowest BCUT2D eigenvalue weighted by Gasteiger charge is -2.26. The van der Waals surface area contributed by atoms with E-state index in [1.165, 1.54) is 0 Å². The van der Waals surface area contributed by atoms with Crippen LogP contribution in [-0.4, -0.2) is 31.6 Å². The smallest absolute Gasteiger partial charge is 0.387 e. The fourth-order valence-electron chi connectivity index (χ4n) is 3.28. The second kappa shape index (κ2) is 9.57. The number of rotatable bonds is 7. The van der Waals surface area contributed by atoms with Gasteiger partial charge in [-0.05, 0) is 12.3 Å². The molecule has 1 aromatic rings. The van der Waals surface area contributed by atoms with Gasteiger partial charge in [-0.2, -0.15) is 8.78 Å². The molecule has 150 valence electrons. The normalized spacial score (nSPS) is 16.1. The van der Waals surface area contributed by atoms with Crippen molar-refractivity contribution in [3.05, 3.63) is 29.3 Å². The van der Waals surface area contributed by atoms with Crippen LogP contribution in [0.3, 0.4) is 0 Å². The number of carbonyl (C=O) groups is 2. The van der Waals surface area contributed by atoms with Crippen LogP contribution in [0.1, 0.15) is 48.9 Å². The van der Waals surface area contributed by atoms with Gasteiger partial charge in [0.15, 0.2) is 0 Å². The molecule has 0 heterocycles. The summed E-state index contributed by atoms with van der Waals surface area (Å²) in [6, 6.07) is -0.0851. The third-order valence-corrected chi connectivity index (χ3v) is 4.55. The van der Waals surface area contributed by atoms with E-state index in [1.807, 2.05) is 0 Å². The van der Waals surface area contributed by atoms with Crippen molar-refractivity contribution in [2.75, 3.05) is 7.11 Å². The molecule has 2 rings (SSSR count). The van der Waals surface area contributed by atoms with Crippen LogP contribution >= 0.6 is 0 Å². The number of benzene rings is 1. The molecule has 27 heavy (non-hydrogen) atoms. The molecule has 0 aromatic heterocycles. The Bertz CT molecular complexity index is 654. The molecule has 1 aromatic carbocycles. The Morgan fingerprint density at radius 2 is 1.74 bits per heavy atom. The number of amides is 1. The van der Waals surface area contributed by atoms with Gasteiger partial charge in [0.25, 0.3) is 5.91 Å². The molecule has 1 atom stereocenters. The highest BCUT2D eigenvalue weighted by Crippen LogP contribution is 2.28. The van der Waals surface area contributed by atoms with Gasteiger partial charge >= 0.3 is 12.6 Å². The number of ether oxygens (including phenoxy) is 2. The van der Waals surface area contributed by atoms with E-state index in [4.69, 9.17) is 0 Å². The number of esters is 1. The lowest BCUT2D eigenvalue weighted by atomic mass is 9.84. The summed E-state index contributed by atoms with van der Waals surface area (Å²) in [5.74, 6) is -5.18. The van der Waals surface area contributed by atoms with Crippen molar-refractivity contribution in [1.29, 1.82) is 0 Å². The summed E-state index contributed by atoms with van der Waals surface area (Å²) < 4.78 is 61.1. The monoisotopic (exact) mass is 391 g/mol. The summed E-state index contributed by atoms with van der Waals surface area (Å²) >= 11 is 0. The van der Waals surface area contributed by atoms with Crippen LogP contribution in [-0.2, 0) is 9.53 Å². The molecule has 0 spiro atoms. The fraction of sp³-hybridized carbons (Fsp3) is 0.556. The Morgan fingerprint density at radius 1 is 1.15 bits per heavy atom. The number of alkyl halides is 2. The van der Waals surface area contributed by atoms with Gasteiger partial charge in [-0.15, -0.1) is 0 Å². The van der Waals surface area contributed by atoms with Gasteiger partial charge in [-0.3, -0.25) is 4.79 Å². The molecule has 5 nitrogen and oxygen atoms in total. The van der Waals surface area contributed by atoms with E-state index < -0.39 is 47.5 Å². The van der Waals surface area contributed by atoms with Crippen molar-refractivity contribution in [3.63, 3.8) is 0 Å². The number of nitrogens with one attached hydrogen (secondary N) is 1. The highest BCUT2D eigenvalue weighted by molar-refractivity contribution is 5.97. The molecule has 1 amide bonds. The van der Waals surface area contributed by atoms with Crippen molar-refractivity contribution in [1.82, 2.24) is 5.32 Å². The third-order valence-electron chi connectivity index (χ3n) is 4.55. The predicted molar refractivity (Wildman–Crippen MR) is 87.5 cm³/mol. The van der Waals surface area contributed by atoms with Crippen molar-refractivity contribution < 1.29 is 36.6 Å². The number of carbonyl (C=O) groups excluding carboxylic acids is 2. The van der Waals surface area contributed by atoms with Crippen molar-refractivity contribution in [2.45, 2.75) is 51.2 Å². The fourth-order valence-corrected chi connectivity index (χ4v) is 3.28. The third kappa shape index (κ3) is 5.83. The highest BCUT2D eigenvalue weighted by atomic mass is 19.3. The Balaban J connectivity index is 2.15. The average Bonchev–Trinajstić information content (AvgIpc) is 2.60. The maximum Gasteiger partial charge on any atom is 0.387 e. The zero-order valence-corrected chi connectivity index (χ0v) is 14.8. The number of hydrogen-bond acceptors (Lipinski definition) is 4. The Labute approximate surface area is 154 Å². The minimum atomic E-state index is -3.26. The molecular formula is C18H21F4NO4. The first-order chi connectivity index (χ1) is 12.8. The standard InChI is InChI=1S/C18H21F4NO4/c1-26-17(25)14(7-10-5-3-2-4-6-10)23-16(24)15-12(19)8-11(9-13(15)20)27-18(21)22/h8-10,14,18H,2-7H2,1H3,(H,23,24). The molecule has 1 N–H and O–H groups in total. The van der Waals surface area contributed by atoms with Crippen molar-refractivity contribution >= 4 is 11.9 Å². The molecule has 0 radical (unpaired) electrons. The van der Waals surface area contributed by atoms with Crippen LogP contribution < -0.4 is 10.1 Å². The maximum atomic E-state index is 14.1. The topological polar surface area (TPSA) is 64.6 Å². The molecule has 0 saturated heterocycles. The van der Waals surface area contributed by atoms with E-state index in [2.05, 4.69) is 14.8 Å². The lowest BCUT2D eigenvalue weighted by Crippen LogP contribution is -2.43. The summed E-state index contributed by atoms with van der Waals surface area (Å²) in [5.41, 5.74) is -0.978. The predicted octanol–water partition coefficient (Wildman–Crippen LogP) is 3.81. The van der Waals surface area contributed by atoms with Crippen molar-refractivity contribution in [3.8, 4) is 5.75 Å². The van der Waals surface area contributed by atoms with Crippen LogP contribution in [0, 0.1) is 17.6 Å². The number of methoxy groups -OCH3 is 1. The SMILES string of the molecule is COC(=O)C(CC1CCCCC1)NC(=O)c1c(F)cc(OC(F)F)cc1F. The first-order valence-electron chi connectivity index (χ1n) is 8.64. The van der Waals surface area contributed by atoms with E-state index in [-0.39, 0.29) is 5.92 Å². The van der Waals surface area contributed by atoms with E-state index >= 15 is 0 Å². The highest BCUT2D eigenvalue weighted by Gasteiger charge is 2.29. The summed E-state index contributed by atoms with van der Waals surface area (Å²) in [5, 5.41) is 2.29. The maximum absolute atomic E-state index is 14.1. The van der Waals surface area contributed by atoms with E-state index in [0.29, 0.717) is 18.6 Å². The van der Waals surface area contributed by atoms with Gasteiger partial charge in [0, 0.05) is 12.1 Å². The molecule has 1 aliphatic rings. The van der Waals surface area contributed by atoms with Crippen LogP contribution in [0.4, 0.5) is 17.6 Å². The zero-order chi connectivity index (χ0) is 20.0. The molecule has 0 bridgehead atoms. The van der Waals surface area contributed by atoms with Gasteiger partial charge in [-0.1, -0.05) is 32.1 Å². The van der Waals surface area contributed by atoms with Crippen LogP contribution in [0.5, 0.6) is 5.75 Å². The quantitative estimate of drug-likeness (QED) is 0.567. The van der Waals surface area contributed by atoms with Gasteiger partial charge in [-0.25, -0.2) is 13.6 Å². The van der Waals surface area contributed by atoms with Gasteiger partial charge in [0.05, 0.1) is 7.11 Å². The molecule has 9 heteroatoms. The summed E-state index contributed by atoms with van der Waals surface area (Å²) in [6.45, 7) is -3.26. The van der Waals surface area contributed by atoms with Crippen molar-refractivity contribution in [2.24, 2.45) is 5.92 Å². The number of halogens is 4. The van der Waals surface area contributed by atoms with Crippen LogP contribution in [0.15, 0.2) is 12.1 Å². The van der Waals surface area contributed by atoms with Gasteiger partial charge in [0.2, 0.25) is 0 Å². The summed E-state index contributed by atoms with van der Waals surface area (Å²) in [7, 11) is 1.15. The van der Waals surface area contributed by atoms with E-state index in [1.54, 1.807) is 0 Å². The molecule has 1 aliphatic carbocycles.